The third-order valence-electron chi connectivity index (χ3n) is 3.62. The predicted molar refractivity (Wildman–Crippen MR) is 76.4 cm³/mol. The van der Waals surface area contributed by atoms with Gasteiger partial charge in [-0.1, -0.05) is 57.0 Å². The van der Waals surface area contributed by atoms with Gasteiger partial charge in [-0.2, -0.15) is 0 Å². The maximum atomic E-state index is 10.0. The van der Waals surface area contributed by atoms with E-state index >= 15 is 0 Å². The molecule has 1 aromatic rings. The molecule has 1 aromatic carbocycles. The summed E-state index contributed by atoms with van der Waals surface area (Å²) in [5.41, 5.74) is 4.31. The topological polar surface area (TPSA) is 20.2 Å². The number of benzene rings is 1. The Hall–Kier alpha value is -1.04. The van der Waals surface area contributed by atoms with Gasteiger partial charge in [0.1, 0.15) is 14.2 Å². The second-order valence-electron chi connectivity index (χ2n) is 4.42. The molecule has 0 aliphatic heterocycles. The molecule has 0 amide bonds. The van der Waals surface area contributed by atoms with E-state index in [2.05, 4.69) is 32.2 Å². The van der Waals surface area contributed by atoms with Crippen LogP contribution in [0.2, 0.25) is 18.1 Å². The van der Waals surface area contributed by atoms with E-state index in [1.54, 1.807) is 0 Å². The van der Waals surface area contributed by atoms with Crippen LogP contribution >= 0.6 is 0 Å². The van der Waals surface area contributed by atoms with E-state index in [9.17, 15) is 5.11 Å². The monoisotopic (exact) mass is 246 g/mol. The third-order valence-corrected chi connectivity index (χ3v) is 8.36. The summed E-state index contributed by atoms with van der Waals surface area (Å²) in [6, 6.07) is 13.2. The van der Waals surface area contributed by atoms with Crippen LogP contribution in [0.15, 0.2) is 30.3 Å². The van der Waals surface area contributed by atoms with Gasteiger partial charge in [0.2, 0.25) is 0 Å². The van der Waals surface area contributed by atoms with Crippen LogP contribution in [0.25, 0.3) is 0 Å². The summed E-state index contributed by atoms with van der Waals surface area (Å²) in [6.07, 6.45) is -0.632. The Kier molecular flexibility index (Phi) is 5.47. The maximum Gasteiger partial charge on any atom is 0.139 e. The molecule has 0 aliphatic rings. The molecule has 1 nitrogen and oxygen atoms in total. The summed E-state index contributed by atoms with van der Waals surface area (Å²) in [5.74, 6) is 3.06. The molecule has 0 saturated heterocycles. The molecule has 0 spiro atoms. The van der Waals surface area contributed by atoms with Crippen molar-refractivity contribution in [3.8, 4) is 11.5 Å². The lowest BCUT2D eigenvalue weighted by Gasteiger charge is -2.20. The van der Waals surface area contributed by atoms with Crippen LogP contribution < -0.4 is 0 Å². The number of aliphatic hydroxyl groups is 1. The Morgan fingerprint density at radius 3 is 2.06 bits per heavy atom. The van der Waals surface area contributed by atoms with Gasteiger partial charge in [0, 0.05) is 0 Å². The van der Waals surface area contributed by atoms with Crippen molar-refractivity contribution in [3.05, 3.63) is 35.9 Å². The van der Waals surface area contributed by atoms with Crippen molar-refractivity contribution < 1.29 is 5.11 Å². The minimum Gasteiger partial charge on any atom is -0.376 e. The average Bonchev–Trinajstić information content (AvgIpc) is 2.41. The first-order valence-electron chi connectivity index (χ1n) is 6.43. The second-order valence-corrected chi connectivity index (χ2v) is 9.36. The molecule has 0 bridgehead atoms. The van der Waals surface area contributed by atoms with Crippen LogP contribution in [-0.4, -0.2) is 13.2 Å². The summed E-state index contributed by atoms with van der Waals surface area (Å²) in [5, 5.41) is 10.0. The van der Waals surface area contributed by atoms with Crippen LogP contribution in [0.1, 0.15) is 32.4 Å². The van der Waals surface area contributed by atoms with Crippen molar-refractivity contribution in [1.82, 2.24) is 0 Å². The Labute approximate surface area is 106 Å². The van der Waals surface area contributed by atoms with Gasteiger partial charge < -0.3 is 5.11 Å². The summed E-state index contributed by atoms with van der Waals surface area (Å²) < 4.78 is 0. The molecule has 0 fully saturated rings. The summed E-state index contributed by atoms with van der Waals surface area (Å²) in [7, 11) is -1.43. The summed E-state index contributed by atoms with van der Waals surface area (Å²) in [6.45, 7) is 6.68. The first-order chi connectivity index (χ1) is 8.17. The molecule has 0 heterocycles. The fourth-order valence-electron chi connectivity index (χ4n) is 1.96. The largest absolute Gasteiger partial charge is 0.376 e. The summed E-state index contributed by atoms with van der Waals surface area (Å²) in [4.78, 5) is 0. The molecule has 1 unspecified atom stereocenters. The highest BCUT2D eigenvalue weighted by Crippen LogP contribution is 2.20. The lowest BCUT2D eigenvalue weighted by molar-refractivity contribution is 0.238. The molecule has 1 rings (SSSR count). The Morgan fingerprint density at radius 2 is 1.59 bits per heavy atom. The highest BCUT2D eigenvalue weighted by molar-refractivity contribution is 6.87. The second kappa shape index (κ2) is 6.63. The molecule has 2 heteroatoms. The predicted octanol–water partition coefficient (Wildman–Crippen LogP) is 3.77. The molecular weight excluding hydrogens is 224 g/mol. The lowest BCUT2D eigenvalue weighted by atomic mass is 10.1. The van der Waals surface area contributed by atoms with Gasteiger partial charge in [-0.05, 0) is 23.7 Å². The Morgan fingerprint density at radius 1 is 1.06 bits per heavy atom. The van der Waals surface area contributed by atoms with E-state index in [-0.39, 0.29) is 0 Å². The molecule has 92 valence electrons. The van der Waals surface area contributed by atoms with E-state index in [1.165, 1.54) is 18.1 Å². The molecule has 17 heavy (non-hydrogen) atoms. The molecule has 1 atom stereocenters. The first kappa shape index (κ1) is 14.0. The smallest absolute Gasteiger partial charge is 0.139 e. The molecule has 0 aliphatic carbocycles. The van der Waals surface area contributed by atoms with Crippen molar-refractivity contribution in [2.45, 2.75) is 45.0 Å². The van der Waals surface area contributed by atoms with Gasteiger partial charge >= 0.3 is 0 Å². The van der Waals surface area contributed by atoms with E-state index in [0.29, 0.717) is 0 Å². The van der Waals surface area contributed by atoms with Crippen molar-refractivity contribution in [1.29, 1.82) is 0 Å². The zero-order chi connectivity index (χ0) is 12.7. The van der Waals surface area contributed by atoms with Crippen LogP contribution in [-0.2, 0) is 0 Å². The molecular formula is C15H22OSi. The molecule has 1 N–H and O–H groups in total. The zero-order valence-corrected chi connectivity index (χ0v) is 12.0. The van der Waals surface area contributed by atoms with Gasteiger partial charge in [0.15, 0.2) is 0 Å². The maximum absolute atomic E-state index is 10.0. The van der Waals surface area contributed by atoms with E-state index in [1.807, 2.05) is 30.3 Å². The van der Waals surface area contributed by atoms with Crippen LogP contribution in [0.4, 0.5) is 0 Å². The van der Waals surface area contributed by atoms with Crippen molar-refractivity contribution in [2.75, 3.05) is 0 Å². The molecule has 0 aromatic heterocycles. The van der Waals surface area contributed by atoms with Crippen molar-refractivity contribution in [2.24, 2.45) is 0 Å². The van der Waals surface area contributed by atoms with Gasteiger partial charge in [-0.3, -0.25) is 0 Å². The first-order valence-corrected chi connectivity index (χ1v) is 9.05. The van der Waals surface area contributed by atoms with E-state index in [4.69, 9.17) is 0 Å². The van der Waals surface area contributed by atoms with Crippen LogP contribution in [0.5, 0.6) is 0 Å². The lowest BCUT2D eigenvalue weighted by Crippen LogP contribution is -2.29. The third kappa shape index (κ3) is 3.73. The van der Waals surface area contributed by atoms with Gasteiger partial charge in [-0.25, -0.2) is 0 Å². The molecule has 0 saturated carbocycles. The number of rotatable bonds is 4. The highest BCUT2D eigenvalue weighted by Gasteiger charge is 2.24. The quantitative estimate of drug-likeness (QED) is 0.633. The summed E-state index contributed by atoms with van der Waals surface area (Å²) >= 11 is 0. The van der Waals surface area contributed by atoms with Crippen molar-refractivity contribution in [3.63, 3.8) is 0 Å². The van der Waals surface area contributed by atoms with Crippen LogP contribution in [0.3, 0.4) is 0 Å². The molecule has 0 radical (unpaired) electrons. The van der Waals surface area contributed by atoms with Crippen LogP contribution in [0, 0.1) is 11.5 Å². The number of hydrogen-bond donors (Lipinski definition) is 1. The number of aliphatic hydroxyl groups excluding tert-OH is 1. The minimum atomic E-state index is -1.43. The zero-order valence-electron chi connectivity index (χ0n) is 11.0. The highest BCUT2D eigenvalue weighted by atomic mass is 28.3. The fourth-order valence-corrected chi connectivity index (χ4v) is 4.43. The van der Waals surface area contributed by atoms with Gasteiger partial charge in [0.05, 0.1) is 0 Å². The van der Waals surface area contributed by atoms with E-state index in [0.717, 1.165) is 5.56 Å². The average molecular weight is 246 g/mol. The standard InChI is InChI=1S/C15H22OSi/c1-4-17(5-2,6-3)13-12-15(16)14-10-8-7-9-11-14/h7-11,15-16H,4-6H2,1-3H3. The van der Waals surface area contributed by atoms with Gasteiger partial charge in [0.25, 0.3) is 0 Å². The fraction of sp³-hybridized carbons (Fsp3) is 0.467. The Bertz CT molecular complexity index is 376. The van der Waals surface area contributed by atoms with Crippen molar-refractivity contribution >= 4 is 8.07 Å². The number of hydrogen-bond acceptors (Lipinski definition) is 1. The normalized spacial score (nSPS) is 12.7. The minimum absolute atomic E-state index is 0.632. The Balaban J connectivity index is 2.84. The SMILES string of the molecule is CC[Si](C#CC(O)c1ccccc1)(CC)CC. The van der Waals surface area contributed by atoms with Gasteiger partial charge in [-0.15, -0.1) is 5.54 Å². The van der Waals surface area contributed by atoms with E-state index < -0.39 is 14.2 Å².